The summed E-state index contributed by atoms with van der Waals surface area (Å²) in [6.45, 7) is 0.839. The maximum atomic E-state index is 14.8. The van der Waals surface area contributed by atoms with Gasteiger partial charge in [0.1, 0.15) is 5.82 Å². The molecule has 1 N–H and O–H groups in total. The van der Waals surface area contributed by atoms with Crippen LogP contribution in [0.2, 0.25) is 5.02 Å². The lowest BCUT2D eigenvalue weighted by molar-refractivity contribution is -0.144. The SMILES string of the molecule is O=C(NC(c1ccccc1)c1ccccc1)N1CCC2(CC1)C(=O)N(c1ccccc1F)C2c1ccc(Cl)cc1. The highest BCUT2D eigenvalue weighted by atomic mass is 35.5. The number of para-hydroxylation sites is 1. The molecule has 1 unspecified atom stereocenters. The van der Waals surface area contributed by atoms with Gasteiger partial charge in [-0.15, -0.1) is 0 Å². The summed E-state index contributed by atoms with van der Waals surface area (Å²) in [7, 11) is 0. The van der Waals surface area contributed by atoms with Crippen LogP contribution in [0.25, 0.3) is 0 Å². The Bertz CT molecular complexity index is 1470. The number of anilines is 1. The van der Waals surface area contributed by atoms with E-state index in [1.54, 1.807) is 40.1 Å². The summed E-state index contributed by atoms with van der Waals surface area (Å²) in [5.41, 5.74) is 2.44. The average molecular weight is 554 g/mol. The Morgan fingerprint density at radius 3 is 1.95 bits per heavy atom. The molecule has 5 nitrogen and oxygen atoms in total. The van der Waals surface area contributed by atoms with Gasteiger partial charge in [-0.2, -0.15) is 0 Å². The Hall–Kier alpha value is -4.16. The van der Waals surface area contributed by atoms with Crippen molar-refractivity contribution in [3.05, 3.63) is 137 Å². The number of amides is 3. The number of hydrogen-bond acceptors (Lipinski definition) is 2. The van der Waals surface area contributed by atoms with Crippen LogP contribution >= 0.6 is 11.6 Å². The molecule has 7 heteroatoms. The van der Waals surface area contributed by atoms with Gasteiger partial charge in [-0.1, -0.05) is 96.5 Å². The molecular weight excluding hydrogens is 525 g/mol. The number of β-lactam (4-membered cyclic amide) rings is 1. The summed E-state index contributed by atoms with van der Waals surface area (Å²) >= 11 is 6.15. The number of halogens is 2. The van der Waals surface area contributed by atoms with Crippen LogP contribution in [0.5, 0.6) is 0 Å². The number of hydrogen-bond donors (Lipinski definition) is 1. The second-order valence-corrected chi connectivity index (χ2v) is 10.9. The molecule has 40 heavy (non-hydrogen) atoms. The molecule has 6 rings (SSSR count). The van der Waals surface area contributed by atoms with Crippen LogP contribution in [0.1, 0.15) is 41.6 Å². The van der Waals surface area contributed by atoms with Crippen molar-refractivity contribution in [2.45, 2.75) is 24.9 Å². The van der Waals surface area contributed by atoms with E-state index in [9.17, 15) is 14.0 Å². The van der Waals surface area contributed by atoms with E-state index in [0.29, 0.717) is 31.0 Å². The first-order chi connectivity index (χ1) is 19.5. The third-order valence-corrected chi connectivity index (χ3v) is 8.45. The van der Waals surface area contributed by atoms with E-state index in [4.69, 9.17) is 11.6 Å². The van der Waals surface area contributed by atoms with Gasteiger partial charge < -0.3 is 15.1 Å². The highest BCUT2D eigenvalue weighted by Gasteiger charge is 2.62. The Kier molecular flexibility index (Phi) is 7.03. The Morgan fingerprint density at radius 2 is 1.38 bits per heavy atom. The Morgan fingerprint density at radius 1 is 0.825 bits per heavy atom. The lowest BCUT2D eigenvalue weighted by Crippen LogP contribution is -2.67. The molecule has 1 atom stereocenters. The van der Waals surface area contributed by atoms with Gasteiger partial charge in [0.2, 0.25) is 5.91 Å². The number of likely N-dealkylation sites (tertiary alicyclic amines) is 1. The zero-order valence-corrected chi connectivity index (χ0v) is 22.6. The predicted molar refractivity (Wildman–Crippen MR) is 155 cm³/mol. The fraction of sp³-hybridized carbons (Fsp3) is 0.212. The molecule has 0 bridgehead atoms. The smallest absolute Gasteiger partial charge is 0.318 e. The zero-order chi connectivity index (χ0) is 27.7. The highest BCUT2D eigenvalue weighted by Crippen LogP contribution is 2.57. The number of carbonyl (C=O) groups excluding carboxylic acids is 2. The lowest BCUT2D eigenvalue weighted by Gasteiger charge is -2.59. The molecule has 4 aromatic rings. The van der Waals surface area contributed by atoms with Gasteiger partial charge in [-0.25, -0.2) is 9.18 Å². The molecule has 202 valence electrons. The van der Waals surface area contributed by atoms with Crippen molar-refractivity contribution < 1.29 is 14.0 Å². The third-order valence-electron chi connectivity index (χ3n) is 8.20. The van der Waals surface area contributed by atoms with Gasteiger partial charge in [0.15, 0.2) is 0 Å². The Labute approximate surface area is 238 Å². The van der Waals surface area contributed by atoms with Gasteiger partial charge >= 0.3 is 6.03 Å². The van der Waals surface area contributed by atoms with Crippen molar-refractivity contribution in [1.82, 2.24) is 10.2 Å². The predicted octanol–water partition coefficient (Wildman–Crippen LogP) is 7.15. The van der Waals surface area contributed by atoms with Crippen LogP contribution in [0.3, 0.4) is 0 Å². The summed E-state index contributed by atoms with van der Waals surface area (Å²) in [5, 5.41) is 3.81. The standard InChI is InChI=1S/C33H29ClFN3O2/c34-26-17-15-25(16-18-26)30-33(31(39)38(30)28-14-8-7-13-27(28)35)19-21-37(22-20-33)32(40)36-29(23-9-3-1-4-10-23)24-11-5-2-6-12-24/h1-18,29-30H,19-22H2,(H,36,40). The molecule has 4 aromatic carbocycles. The molecule has 0 radical (unpaired) electrons. The molecule has 2 saturated heterocycles. The van der Waals surface area contributed by atoms with Gasteiger partial charge in [0.25, 0.3) is 0 Å². The van der Waals surface area contributed by atoms with E-state index in [0.717, 1.165) is 16.7 Å². The van der Waals surface area contributed by atoms with E-state index in [-0.39, 0.29) is 29.7 Å². The second kappa shape index (κ2) is 10.8. The maximum absolute atomic E-state index is 14.8. The van der Waals surface area contributed by atoms with E-state index in [2.05, 4.69) is 5.32 Å². The van der Waals surface area contributed by atoms with Crippen LogP contribution in [0.4, 0.5) is 14.9 Å². The monoisotopic (exact) mass is 553 g/mol. The third kappa shape index (κ3) is 4.62. The van der Waals surface area contributed by atoms with Crippen LogP contribution < -0.4 is 10.2 Å². The van der Waals surface area contributed by atoms with Gasteiger partial charge in [-0.05, 0) is 53.8 Å². The van der Waals surface area contributed by atoms with E-state index in [1.165, 1.54) is 6.07 Å². The fourth-order valence-corrected chi connectivity index (χ4v) is 6.25. The number of rotatable bonds is 5. The van der Waals surface area contributed by atoms with Crippen molar-refractivity contribution in [3.63, 3.8) is 0 Å². The van der Waals surface area contributed by atoms with Crippen molar-refractivity contribution in [3.8, 4) is 0 Å². The summed E-state index contributed by atoms with van der Waals surface area (Å²) in [6.07, 6.45) is 0.970. The molecule has 2 aliphatic rings. The number of piperidine rings is 1. The number of urea groups is 1. The van der Waals surface area contributed by atoms with Crippen LogP contribution in [-0.2, 0) is 4.79 Å². The lowest BCUT2D eigenvalue weighted by atomic mass is 9.62. The minimum atomic E-state index is -0.717. The first-order valence-corrected chi connectivity index (χ1v) is 13.8. The summed E-state index contributed by atoms with van der Waals surface area (Å²) in [4.78, 5) is 30.7. The van der Waals surface area contributed by atoms with Gasteiger partial charge in [-0.3, -0.25) is 4.79 Å². The maximum Gasteiger partial charge on any atom is 0.318 e. The molecule has 0 aromatic heterocycles. The zero-order valence-electron chi connectivity index (χ0n) is 21.8. The van der Waals surface area contributed by atoms with Crippen LogP contribution in [0.15, 0.2) is 109 Å². The van der Waals surface area contributed by atoms with Gasteiger partial charge in [0.05, 0.1) is 23.2 Å². The largest absolute Gasteiger partial charge is 0.327 e. The first-order valence-electron chi connectivity index (χ1n) is 13.5. The first kappa shape index (κ1) is 26.1. The molecule has 2 fully saturated rings. The van der Waals surface area contributed by atoms with E-state index >= 15 is 0 Å². The van der Waals surface area contributed by atoms with Crippen molar-refractivity contribution in [2.75, 3.05) is 18.0 Å². The molecule has 2 aliphatic heterocycles. The quantitative estimate of drug-likeness (QED) is 0.267. The molecular formula is C33H29ClFN3O2. The van der Waals surface area contributed by atoms with Crippen molar-refractivity contribution >= 4 is 29.2 Å². The molecule has 3 amide bonds. The average Bonchev–Trinajstić information content (AvgIpc) is 3.00. The summed E-state index contributed by atoms with van der Waals surface area (Å²) in [5.74, 6) is -0.543. The van der Waals surface area contributed by atoms with Crippen LogP contribution in [-0.4, -0.2) is 29.9 Å². The fourth-order valence-electron chi connectivity index (χ4n) is 6.12. The minimum Gasteiger partial charge on any atom is -0.327 e. The number of benzene rings is 4. The summed E-state index contributed by atoms with van der Waals surface area (Å²) < 4.78 is 14.8. The topological polar surface area (TPSA) is 52.7 Å². The molecule has 2 heterocycles. The van der Waals surface area contributed by atoms with Gasteiger partial charge in [0, 0.05) is 18.1 Å². The molecule has 0 saturated carbocycles. The van der Waals surface area contributed by atoms with E-state index < -0.39 is 11.2 Å². The minimum absolute atomic E-state index is 0.107. The highest BCUT2D eigenvalue weighted by molar-refractivity contribution is 6.30. The summed E-state index contributed by atoms with van der Waals surface area (Å²) in [6, 6.07) is 32.7. The number of carbonyl (C=O) groups is 2. The molecule has 1 spiro atoms. The van der Waals surface area contributed by atoms with E-state index in [1.807, 2.05) is 72.8 Å². The van der Waals surface area contributed by atoms with Crippen LogP contribution in [0, 0.1) is 11.2 Å². The van der Waals surface area contributed by atoms with Crippen molar-refractivity contribution in [2.24, 2.45) is 5.41 Å². The number of nitrogens with zero attached hydrogens (tertiary/aromatic N) is 2. The molecule has 0 aliphatic carbocycles. The van der Waals surface area contributed by atoms with Crippen molar-refractivity contribution in [1.29, 1.82) is 0 Å². The Balaban J connectivity index is 1.23. The number of nitrogens with one attached hydrogen (secondary N) is 1. The normalized spacial score (nSPS) is 18.1. The second-order valence-electron chi connectivity index (χ2n) is 10.4.